The second-order valence-electron chi connectivity index (χ2n) is 17.7. The van der Waals surface area contributed by atoms with Crippen LogP contribution in [0.3, 0.4) is 0 Å². The average Bonchev–Trinajstić information content (AvgIpc) is 4.04. The van der Waals surface area contributed by atoms with Gasteiger partial charge < -0.3 is 9.13 Å². The van der Waals surface area contributed by atoms with Crippen LogP contribution in [0.4, 0.5) is 0 Å². The van der Waals surface area contributed by atoms with Gasteiger partial charge in [-0.25, -0.2) is 9.97 Å². The van der Waals surface area contributed by atoms with Crippen LogP contribution in [0.5, 0.6) is 0 Å². The van der Waals surface area contributed by atoms with E-state index in [0.29, 0.717) is 0 Å². The van der Waals surface area contributed by atoms with Crippen LogP contribution in [0.25, 0.3) is 141 Å². The van der Waals surface area contributed by atoms with Gasteiger partial charge in [0.05, 0.1) is 50.2 Å². The van der Waals surface area contributed by atoms with Crippen molar-refractivity contribution in [2.45, 2.75) is 0 Å². The Bertz CT molecular complexity index is 4590. The van der Waals surface area contributed by atoms with Crippen molar-refractivity contribution in [2.24, 2.45) is 0 Å². The van der Waals surface area contributed by atoms with Gasteiger partial charge in [0.1, 0.15) is 0 Å². The van der Waals surface area contributed by atoms with Gasteiger partial charge >= 0.3 is 0 Å². The first-order valence-electron chi connectivity index (χ1n) is 22.8. The summed E-state index contributed by atoms with van der Waals surface area (Å²) < 4.78 is 7.53. The zero-order valence-electron chi connectivity index (χ0n) is 36.0. The molecule has 4 heterocycles. The number of para-hydroxylation sites is 3. The molecule has 0 amide bonds. The molecule has 0 bridgehead atoms. The van der Waals surface area contributed by atoms with Crippen LogP contribution in [-0.2, 0) is 0 Å². The Balaban J connectivity index is 0.969. The summed E-state index contributed by atoms with van der Waals surface area (Å²) >= 11 is 1.83. The van der Waals surface area contributed by atoms with Gasteiger partial charge in [-0.3, -0.25) is 0 Å². The molecule has 4 aromatic heterocycles. The van der Waals surface area contributed by atoms with Crippen molar-refractivity contribution in [1.29, 1.82) is 0 Å². The zero-order valence-corrected chi connectivity index (χ0v) is 36.8. The average molecular weight is 869 g/mol. The highest BCUT2D eigenvalue weighted by Crippen LogP contribution is 2.43. The van der Waals surface area contributed by atoms with E-state index in [0.717, 1.165) is 61.2 Å². The molecule has 15 aromatic rings. The topological polar surface area (TPSA) is 35.6 Å². The molecule has 0 N–H and O–H groups in total. The predicted octanol–water partition coefficient (Wildman–Crippen LogP) is 17.0. The zero-order chi connectivity index (χ0) is 43.7. The van der Waals surface area contributed by atoms with E-state index in [2.05, 4.69) is 215 Å². The summed E-state index contributed by atoms with van der Waals surface area (Å²) in [5.41, 5.74) is 12.6. The van der Waals surface area contributed by atoms with Crippen LogP contribution in [0.2, 0.25) is 0 Å². The Morgan fingerprint density at radius 1 is 0.313 bits per heavy atom. The van der Waals surface area contributed by atoms with Gasteiger partial charge in [0, 0.05) is 69.3 Å². The minimum Gasteiger partial charge on any atom is -0.309 e. The molecule has 0 saturated carbocycles. The first kappa shape index (κ1) is 36.7. The van der Waals surface area contributed by atoms with Crippen LogP contribution < -0.4 is 0 Å². The smallest absolute Gasteiger partial charge is 0.0973 e. The Morgan fingerprint density at radius 2 is 0.925 bits per heavy atom. The van der Waals surface area contributed by atoms with Gasteiger partial charge in [-0.1, -0.05) is 146 Å². The van der Waals surface area contributed by atoms with Gasteiger partial charge in [0.25, 0.3) is 0 Å². The summed E-state index contributed by atoms with van der Waals surface area (Å²) in [6.45, 7) is 0. The number of hydrogen-bond acceptors (Lipinski definition) is 3. The molecule has 0 aliphatic heterocycles. The highest BCUT2D eigenvalue weighted by atomic mass is 32.1. The summed E-state index contributed by atoms with van der Waals surface area (Å²) in [4.78, 5) is 10.7. The highest BCUT2D eigenvalue weighted by Gasteiger charge is 2.21. The summed E-state index contributed by atoms with van der Waals surface area (Å²) in [7, 11) is 0. The third kappa shape index (κ3) is 5.40. The van der Waals surface area contributed by atoms with Gasteiger partial charge in [-0.15, -0.1) is 11.3 Å². The van der Waals surface area contributed by atoms with Crippen molar-refractivity contribution < 1.29 is 0 Å². The van der Waals surface area contributed by atoms with E-state index < -0.39 is 0 Å². The SMILES string of the molecule is c1ccc2cc3c(cc2c1)c1ccc(-n2c4ccccc4c4ccc5ccccc5c42)cc1n3-c1cccc2cc(-c3nc4ccccc4nc3-c3ccc4sc5ccccc5c4c3)ccc12. The molecular formula is C62H36N4S. The van der Waals surface area contributed by atoms with E-state index in [-0.39, 0.29) is 0 Å². The van der Waals surface area contributed by atoms with Crippen molar-refractivity contribution in [1.82, 2.24) is 19.1 Å². The van der Waals surface area contributed by atoms with Crippen molar-refractivity contribution in [3.8, 4) is 33.9 Å². The molecule has 0 atom stereocenters. The van der Waals surface area contributed by atoms with Gasteiger partial charge in [0.2, 0.25) is 0 Å². The molecular weight excluding hydrogens is 833 g/mol. The Morgan fingerprint density at radius 3 is 1.78 bits per heavy atom. The van der Waals surface area contributed by atoms with E-state index in [1.54, 1.807) is 0 Å². The first-order chi connectivity index (χ1) is 33.2. The standard InChI is InChI=1S/C62H36N4S/c1-2-14-39-35-56-50(33-38(39)13-1)47-30-27-43(65-55-21-9-5-17-46(55)49-29-24-37-12-3-4-16-45(37)62(49)65)36-57(47)66(56)54-22-11-15-40-32-41(25-28-44(40)54)60-61(64-53-20-8-7-19-52(53)63-60)42-26-31-59-51(34-42)48-18-6-10-23-58(48)67-59/h1-36H. The quantitative estimate of drug-likeness (QED) is 0.177. The van der Waals surface area contributed by atoms with E-state index in [4.69, 9.17) is 9.97 Å². The van der Waals surface area contributed by atoms with Gasteiger partial charge in [-0.2, -0.15) is 0 Å². The van der Waals surface area contributed by atoms with Gasteiger partial charge in [0.15, 0.2) is 0 Å². The molecule has 0 fully saturated rings. The Hall–Kier alpha value is -8.64. The molecule has 5 heteroatoms. The number of nitrogens with zero attached hydrogens (tertiary/aromatic N) is 4. The first-order valence-corrected chi connectivity index (χ1v) is 23.6. The predicted molar refractivity (Wildman–Crippen MR) is 284 cm³/mol. The van der Waals surface area contributed by atoms with Crippen LogP contribution in [-0.4, -0.2) is 19.1 Å². The molecule has 0 unspecified atom stereocenters. The number of thiophene rings is 1. The summed E-state index contributed by atoms with van der Waals surface area (Å²) in [5.74, 6) is 0. The maximum Gasteiger partial charge on any atom is 0.0973 e. The number of hydrogen-bond donors (Lipinski definition) is 0. The Labute approximate surface area is 387 Å². The van der Waals surface area contributed by atoms with Crippen LogP contribution in [0.15, 0.2) is 218 Å². The maximum atomic E-state index is 5.37. The summed E-state index contributed by atoms with van der Waals surface area (Å²) in [6.07, 6.45) is 0. The lowest BCUT2D eigenvalue weighted by molar-refractivity contribution is 1.17. The number of benzene rings is 11. The molecule has 0 aliphatic carbocycles. The summed E-state index contributed by atoms with van der Waals surface area (Å²) in [5, 5.41) is 14.7. The second kappa shape index (κ2) is 13.9. The number of aromatic nitrogens is 4. The van der Waals surface area contributed by atoms with E-state index >= 15 is 0 Å². The Kier molecular flexibility index (Phi) is 7.63. The fourth-order valence-electron chi connectivity index (χ4n) is 11.0. The largest absolute Gasteiger partial charge is 0.309 e. The van der Waals surface area contributed by atoms with Crippen molar-refractivity contribution in [3.05, 3.63) is 218 Å². The molecule has 0 radical (unpaired) electrons. The number of rotatable bonds is 4. The number of fused-ring (bicyclic) bond motifs is 14. The van der Waals surface area contributed by atoms with Crippen LogP contribution in [0.1, 0.15) is 0 Å². The molecule has 11 aromatic carbocycles. The van der Waals surface area contributed by atoms with Crippen molar-refractivity contribution in [2.75, 3.05) is 0 Å². The fraction of sp³-hybridized carbons (Fsp3) is 0. The molecule has 4 nitrogen and oxygen atoms in total. The molecule has 0 aliphatic rings. The van der Waals surface area contributed by atoms with Crippen molar-refractivity contribution in [3.63, 3.8) is 0 Å². The van der Waals surface area contributed by atoms with Crippen LogP contribution >= 0.6 is 11.3 Å². The third-order valence-electron chi connectivity index (χ3n) is 14.0. The second-order valence-corrected chi connectivity index (χ2v) is 18.8. The molecule has 0 saturated heterocycles. The lowest BCUT2D eigenvalue weighted by Crippen LogP contribution is -1.99. The summed E-state index contributed by atoms with van der Waals surface area (Å²) in [6, 6.07) is 79.8. The van der Waals surface area contributed by atoms with Gasteiger partial charge in [-0.05, 0) is 94.3 Å². The van der Waals surface area contributed by atoms with E-state index in [1.165, 1.54) is 79.8 Å². The fourth-order valence-corrected chi connectivity index (χ4v) is 12.1. The van der Waals surface area contributed by atoms with E-state index in [9.17, 15) is 0 Å². The highest BCUT2D eigenvalue weighted by molar-refractivity contribution is 7.25. The third-order valence-corrected chi connectivity index (χ3v) is 15.2. The molecule has 0 spiro atoms. The van der Waals surface area contributed by atoms with Crippen LogP contribution in [0, 0.1) is 0 Å². The minimum absolute atomic E-state index is 0.872. The minimum atomic E-state index is 0.872. The lowest BCUT2D eigenvalue weighted by Gasteiger charge is -2.15. The maximum absolute atomic E-state index is 5.37. The van der Waals surface area contributed by atoms with E-state index in [1.807, 2.05) is 23.5 Å². The molecule has 15 rings (SSSR count). The molecule has 310 valence electrons. The van der Waals surface area contributed by atoms with Crippen molar-refractivity contribution >= 4 is 118 Å². The normalized spacial score (nSPS) is 12.2. The monoisotopic (exact) mass is 868 g/mol. The lowest BCUT2D eigenvalue weighted by atomic mass is 9.98. The molecule has 67 heavy (non-hydrogen) atoms.